The van der Waals surface area contributed by atoms with Crippen molar-refractivity contribution in [3.05, 3.63) is 29.8 Å². The van der Waals surface area contributed by atoms with Crippen LogP contribution in [0.25, 0.3) is 0 Å². The SMILES string of the molecule is Cc1ccc(O[C@@H](C)C(=O)NC2CCCC2)cc1. The van der Waals surface area contributed by atoms with Gasteiger partial charge in [-0.1, -0.05) is 30.5 Å². The highest BCUT2D eigenvalue weighted by Crippen LogP contribution is 2.18. The van der Waals surface area contributed by atoms with E-state index >= 15 is 0 Å². The summed E-state index contributed by atoms with van der Waals surface area (Å²) in [6, 6.07) is 8.11. The van der Waals surface area contributed by atoms with Gasteiger partial charge in [-0.05, 0) is 38.8 Å². The lowest BCUT2D eigenvalue weighted by atomic mass is 10.2. The van der Waals surface area contributed by atoms with E-state index in [4.69, 9.17) is 4.74 Å². The van der Waals surface area contributed by atoms with Crippen molar-refractivity contribution in [2.45, 2.75) is 51.7 Å². The molecular formula is C15H21NO2. The van der Waals surface area contributed by atoms with Crippen LogP contribution >= 0.6 is 0 Å². The molecule has 0 unspecified atom stereocenters. The third kappa shape index (κ3) is 3.49. The fourth-order valence-corrected chi connectivity index (χ4v) is 2.26. The number of rotatable bonds is 4. The lowest BCUT2D eigenvalue weighted by Gasteiger charge is -2.18. The summed E-state index contributed by atoms with van der Waals surface area (Å²) in [5.41, 5.74) is 1.19. The molecule has 1 aromatic rings. The lowest BCUT2D eigenvalue weighted by molar-refractivity contribution is -0.127. The number of benzene rings is 1. The summed E-state index contributed by atoms with van der Waals surface area (Å²) in [4.78, 5) is 11.9. The summed E-state index contributed by atoms with van der Waals surface area (Å²) in [5, 5.41) is 3.05. The summed E-state index contributed by atoms with van der Waals surface area (Å²) in [5.74, 6) is 0.733. The van der Waals surface area contributed by atoms with Gasteiger partial charge in [0.05, 0.1) is 0 Å². The second kappa shape index (κ2) is 5.89. The standard InChI is InChI=1S/C15H21NO2/c1-11-7-9-14(10-8-11)18-12(2)15(17)16-13-5-3-4-6-13/h7-10,12-13H,3-6H2,1-2H3,(H,16,17)/t12-/m0/s1. The van der Waals surface area contributed by atoms with Crippen molar-refractivity contribution < 1.29 is 9.53 Å². The predicted molar refractivity (Wildman–Crippen MR) is 71.7 cm³/mol. The predicted octanol–water partition coefficient (Wildman–Crippen LogP) is 2.82. The molecule has 1 aliphatic carbocycles. The molecule has 98 valence electrons. The largest absolute Gasteiger partial charge is 0.481 e. The van der Waals surface area contributed by atoms with Crippen molar-refractivity contribution in [2.24, 2.45) is 0 Å². The molecule has 0 radical (unpaired) electrons. The van der Waals surface area contributed by atoms with Crippen molar-refractivity contribution in [3.63, 3.8) is 0 Å². The summed E-state index contributed by atoms with van der Waals surface area (Å²) >= 11 is 0. The van der Waals surface area contributed by atoms with E-state index in [9.17, 15) is 4.79 Å². The van der Waals surface area contributed by atoms with Gasteiger partial charge in [-0.25, -0.2) is 0 Å². The normalized spacial score (nSPS) is 17.4. The fraction of sp³-hybridized carbons (Fsp3) is 0.533. The minimum absolute atomic E-state index is 0.0116. The van der Waals surface area contributed by atoms with Crippen LogP contribution in [-0.4, -0.2) is 18.1 Å². The van der Waals surface area contributed by atoms with Gasteiger partial charge in [0, 0.05) is 6.04 Å². The Morgan fingerprint density at radius 3 is 2.50 bits per heavy atom. The molecule has 0 saturated heterocycles. The number of amides is 1. The highest BCUT2D eigenvalue weighted by molar-refractivity contribution is 5.81. The highest BCUT2D eigenvalue weighted by atomic mass is 16.5. The molecule has 1 N–H and O–H groups in total. The Bertz CT molecular complexity index is 393. The van der Waals surface area contributed by atoms with Crippen LogP contribution in [0.3, 0.4) is 0 Å². The first-order valence-corrected chi connectivity index (χ1v) is 6.69. The van der Waals surface area contributed by atoms with E-state index in [1.165, 1.54) is 18.4 Å². The molecule has 3 nitrogen and oxygen atoms in total. The van der Waals surface area contributed by atoms with Gasteiger partial charge in [-0.3, -0.25) is 4.79 Å². The Hall–Kier alpha value is -1.51. The smallest absolute Gasteiger partial charge is 0.260 e. The zero-order chi connectivity index (χ0) is 13.0. The minimum Gasteiger partial charge on any atom is -0.481 e. The molecular weight excluding hydrogens is 226 g/mol. The molecule has 1 aliphatic rings. The van der Waals surface area contributed by atoms with Gasteiger partial charge in [-0.2, -0.15) is 0 Å². The van der Waals surface area contributed by atoms with E-state index in [2.05, 4.69) is 5.32 Å². The number of nitrogens with one attached hydrogen (secondary N) is 1. The maximum Gasteiger partial charge on any atom is 0.260 e. The summed E-state index contributed by atoms with van der Waals surface area (Å²) in [7, 11) is 0. The van der Waals surface area contributed by atoms with E-state index in [0.717, 1.165) is 18.6 Å². The molecule has 3 heteroatoms. The number of hydrogen-bond acceptors (Lipinski definition) is 2. The van der Waals surface area contributed by atoms with Gasteiger partial charge in [0.15, 0.2) is 6.10 Å². The molecule has 1 atom stereocenters. The average molecular weight is 247 g/mol. The van der Waals surface area contributed by atoms with Crippen molar-refractivity contribution in [3.8, 4) is 5.75 Å². The van der Waals surface area contributed by atoms with Crippen LogP contribution in [-0.2, 0) is 4.79 Å². The molecule has 0 bridgehead atoms. The number of carbonyl (C=O) groups is 1. The van der Waals surface area contributed by atoms with Crippen LogP contribution in [0.4, 0.5) is 0 Å². The molecule has 1 fully saturated rings. The highest BCUT2D eigenvalue weighted by Gasteiger charge is 2.21. The minimum atomic E-state index is -0.437. The number of hydrogen-bond donors (Lipinski definition) is 1. The average Bonchev–Trinajstić information content (AvgIpc) is 2.85. The van der Waals surface area contributed by atoms with Crippen molar-refractivity contribution in [2.75, 3.05) is 0 Å². The topological polar surface area (TPSA) is 38.3 Å². The van der Waals surface area contributed by atoms with Crippen LogP contribution in [0.2, 0.25) is 0 Å². The Kier molecular flexibility index (Phi) is 4.24. The summed E-state index contributed by atoms with van der Waals surface area (Å²) in [6.45, 7) is 3.82. The lowest BCUT2D eigenvalue weighted by Crippen LogP contribution is -2.41. The van der Waals surface area contributed by atoms with Crippen LogP contribution in [0, 0.1) is 6.92 Å². The van der Waals surface area contributed by atoms with Crippen LogP contribution in [0.15, 0.2) is 24.3 Å². The second-order valence-electron chi connectivity index (χ2n) is 5.06. The van der Waals surface area contributed by atoms with Crippen LogP contribution < -0.4 is 10.1 Å². The third-order valence-electron chi connectivity index (χ3n) is 3.40. The number of aryl methyl sites for hydroxylation is 1. The monoisotopic (exact) mass is 247 g/mol. The van der Waals surface area contributed by atoms with Crippen LogP contribution in [0.1, 0.15) is 38.2 Å². The molecule has 1 amide bonds. The van der Waals surface area contributed by atoms with Gasteiger partial charge < -0.3 is 10.1 Å². The first-order valence-electron chi connectivity index (χ1n) is 6.69. The summed E-state index contributed by atoms with van der Waals surface area (Å²) < 4.78 is 5.63. The van der Waals surface area contributed by atoms with Crippen molar-refractivity contribution in [1.29, 1.82) is 0 Å². The second-order valence-corrected chi connectivity index (χ2v) is 5.06. The molecule has 1 aromatic carbocycles. The van der Waals surface area contributed by atoms with Gasteiger partial charge in [-0.15, -0.1) is 0 Å². The Morgan fingerprint density at radius 1 is 1.28 bits per heavy atom. The van der Waals surface area contributed by atoms with Gasteiger partial charge >= 0.3 is 0 Å². The van der Waals surface area contributed by atoms with Gasteiger partial charge in [0.2, 0.25) is 0 Å². The zero-order valence-electron chi connectivity index (χ0n) is 11.1. The van der Waals surface area contributed by atoms with E-state index < -0.39 is 6.10 Å². The van der Waals surface area contributed by atoms with Crippen molar-refractivity contribution >= 4 is 5.91 Å². The first-order chi connectivity index (χ1) is 8.65. The fourth-order valence-electron chi connectivity index (χ4n) is 2.26. The molecule has 0 heterocycles. The maximum atomic E-state index is 11.9. The molecule has 1 saturated carbocycles. The summed E-state index contributed by atoms with van der Waals surface area (Å²) in [6.07, 6.45) is 4.20. The molecule has 0 aliphatic heterocycles. The van der Waals surface area contributed by atoms with E-state index in [0.29, 0.717) is 6.04 Å². The zero-order valence-corrected chi connectivity index (χ0v) is 11.1. The van der Waals surface area contributed by atoms with E-state index in [1.807, 2.05) is 31.2 Å². The maximum absolute atomic E-state index is 11.9. The molecule has 2 rings (SSSR count). The molecule has 18 heavy (non-hydrogen) atoms. The number of ether oxygens (including phenoxy) is 1. The van der Waals surface area contributed by atoms with Gasteiger partial charge in [0.1, 0.15) is 5.75 Å². The Morgan fingerprint density at radius 2 is 1.89 bits per heavy atom. The Labute approximate surface area is 109 Å². The van der Waals surface area contributed by atoms with Crippen molar-refractivity contribution in [1.82, 2.24) is 5.32 Å². The molecule has 0 spiro atoms. The first kappa shape index (κ1) is 12.9. The van der Waals surface area contributed by atoms with E-state index in [1.54, 1.807) is 6.92 Å². The van der Waals surface area contributed by atoms with Gasteiger partial charge in [0.25, 0.3) is 5.91 Å². The van der Waals surface area contributed by atoms with Crippen LogP contribution in [0.5, 0.6) is 5.75 Å². The quantitative estimate of drug-likeness (QED) is 0.888. The molecule has 0 aromatic heterocycles. The third-order valence-corrected chi connectivity index (χ3v) is 3.40. The number of carbonyl (C=O) groups excluding carboxylic acids is 1. The van der Waals surface area contributed by atoms with E-state index in [-0.39, 0.29) is 5.91 Å². The Balaban J connectivity index is 1.84.